The molecule has 0 aliphatic carbocycles. The van der Waals surface area contributed by atoms with E-state index in [1.54, 1.807) is 0 Å². The minimum Gasteiger partial charge on any atom is -0.390 e. The molecule has 0 unspecified atom stereocenters. The third kappa shape index (κ3) is 4.22. The minimum atomic E-state index is -0.456. The fraction of sp³-hybridized carbons (Fsp3) is 0.769. The van der Waals surface area contributed by atoms with Gasteiger partial charge in [0.1, 0.15) is 5.69 Å². The zero-order chi connectivity index (χ0) is 14.3. The molecule has 0 saturated carbocycles. The molecule has 1 rings (SSSR count). The van der Waals surface area contributed by atoms with E-state index in [2.05, 4.69) is 21.8 Å². The van der Waals surface area contributed by atoms with E-state index in [9.17, 15) is 10.1 Å². The van der Waals surface area contributed by atoms with Gasteiger partial charge in [0.2, 0.25) is 5.82 Å². The number of H-pyrrole nitrogens is 1. The van der Waals surface area contributed by atoms with E-state index in [0.29, 0.717) is 0 Å². The lowest BCUT2D eigenvalue weighted by Crippen LogP contribution is -2.23. The molecule has 19 heavy (non-hydrogen) atoms. The molecule has 6 nitrogen and oxygen atoms in total. The maximum atomic E-state index is 10.8. The lowest BCUT2D eigenvalue weighted by atomic mass is 10.1. The second kappa shape index (κ2) is 7.76. The van der Waals surface area contributed by atoms with Gasteiger partial charge < -0.3 is 15.0 Å². The van der Waals surface area contributed by atoms with Crippen molar-refractivity contribution in [3.05, 3.63) is 15.8 Å². The molecule has 0 atom stereocenters. The number of unbranched alkanes of at least 4 members (excludes halogenated alkanes) is 3. The molecule has 108 valence electrons. The van der Waals surface area contributed by atoms with Crippen LogP contribution >= 0.6 is 0 Å². The van der Waals surface area contributed by atoms with Gasteiger partial charge in [-0.1, -0.05) is 26.2 Å². The van der Waals surface area contributed by atoms with Gasteiger partial charge >= 0.3 is 5.95 Å². The number of hydrogen-bond acceptors (Lipinski definition) is 4. The number of nitro groups is 1. The van der Waals surface area contributed by atoms with Crippen molar-refractivity contribution in [3.8, 4) is 0 Å². The molecule has 0 spiro atoms. The molecule has 0 bridgehead atoms. The third-order valence-electron chi connectivity index (χ3n) is 3.26. The summed E-state index contributed by atoms with van der Waals surface area (Å²) in [6.07, 6.45) is 5.41. The molecular formula is C13H24N4O2. The standard InChI is InChI=1S/C13H24N4O2/c1-4-7-8-9-10-11-12(16(5-2)6-3)15-13(14-11)17(18)19/h4-10H2,1-3H3,(H,14,15). The number of anilines is 1. The third-order valence-corrected chi connectivity index (χ3v) is 3.26. The van der Waals surface area contributed by atoms with Crippen LogP contribution in [0.4, 0.5) is 11.8 Å². The van der Waals surface area contributed by atoms with E-state index < -0.39 is 4.92 Å². The highest BCUT2D eigenvalue weighted by molar-refractivity contribution is 5.47. The van der Waals surface area contributed by atoms with Gasteiger partial charge in [0.15, 0.2) is 0 Å². The lowest BCUT2D eigenvalue weighted by Gasteiger charge is -2.16. The molecule has 1 N–H and O–H groups in total. The van der Waals surface area contributed by atoms with Crippen molar-refractivity contribution in [1.82, 2.24) is 9.97 Å². The molecule has 0 fully saturated rings. The van der Waals surface area contributed by atoms with Gasteiger partial charge in [0, 0.05) is 19.5 Å². The van der Waals surface area contributed by atoms with Gasteiger partial charge in [0.25, 0.3) is 0 Å². The van der Waals surface area contributed by atoms with Crippen molar-refractivity contribution in [2.45, 2.75) is 52.9 Å². The Morgan fingerprint density at radius 1 is 1.21 bits per heavy atom. The van der Waals surface area contributed by atoms with Crippen molar-refractivity contribution < 1.29 is 4.92 Å². The first kappa shape index (κ1) is 15.5. The Labute approximate surface area is 114 Å². The number of imidazole rings is 1. The molecule has 0 aromatic carbocycles. The van der Waals surface area contributed by atoms with Crippen LogP contribution in [0.1, 0.15) is 52.1 Å². The Kier molecular flexibility index (Phi) is 6.32. The van der Waals surface area contributed by atoms with Crippen LogP contribution in [0.25, 0.3) is 0 Å². The summed E-state index contributed by atoms with van der Waals surface area (Å²) in [5.74, 6) is 0.598. The topological polar surface area (TPSA) is 75.1 Å². The number of aromatic amines is 1. The number of aromatic nitrogens is 2. The van der Waals surface area contributed by atoms with Gasteiger partial charge in [-0.05, 0) is 30.2 Å². The quantitative estimate of drug-likeness (QED) is 0.423. The molecule has 6 heteroatoms. The molecule has 0 radical (unpaired) electrons. The second-order valence-electron chi connectivity index (χ2n) is 4.60. The van der Waals surface area contributed by atoms with E-state index in [1.807, 2.05) is 13.8 Å². The predicted molar refractivity (Wildman–Crippen MR) is 76.6 cm³/mol. The molecule has 0 amide bonds. The van der Waals surface area contributed by atoms with Crippen molar-refractivity contribution in [3.63, 3.8) is 0 Å². The normalized spacial score (nSPS) is 10.7. The molecule has 1 heterocycles. The molecule has 0 saturated heterocycles. The smallest absolute Gasteiger partial charge is 0.390 e. The number of aryl methyl sites for hydroxylation is 1. The van der Waals surface area contributed by atoms with E-state index in [1.165, 1.54) is 12.8 Å². The van der Waals surface area contributed by atoms with E-state index in [4.69, 9.17) is 0 Å². The van der Waals surface area contributed by atoms with Crippen LogP contribution in [-0.2, 0) is 6.42 Å². The summed E-state index contributed by atoms with van der Waals surface area (Å²) in [4.78, 5) is 19.4. The lowest BCUT2D eigenvalue weighted by molar-refractivity contribution is -0.393. The maximum absolute atomic E-state index is 10.8. The van der Waals surface area contributed by atoms with Crippen molar-refractivity contribution in [2.24, 2.45) is 0 Å². The molecular weight excluding hydrogens is 244 g/mol. The predicted octanol–water partition coefficient (Wildman–Crippen LogP) is 3.29. The van der Waals surface area contributed by atoms with Crippen LogP contribution in [0.2, 0.25) is 0 Å². The first-order chi connectivity index (χ1) is 9.13. The first-order valence-corrected chi connectivity index (χ1v) is 7.12. The number of nitrogens with one attached hydrogen (secondary N) is 1. The zero-order valence-electron chi connectivity index (χ0n) is 12.1. The highest BCUT2D eigenvalue weighted by atomic mass is 16.6. The summed E-state index contributed by atoms with van der Waals surface area (Å²) in [5, 5.41) is 10.8. The number of nitrogens with zero attached hydrogens (tertiary/aromatic N) is 3. The Hall–Kier alpha value is -1.59. The van der Waals surface area contributed by atoms with Gasteiger partial charge in [-0.15, -0.1) is 0 Å². The van der Waals surface area contributed by atoms with Gasteiger partial charge in [0.05, 0.1) is 0 Å². The van der Waals surface area contributed by atoms with Crippen molar-refractivity contribution >= 4 is 11.8 Å². The molecule has 1 aromatic heterocycles. The Balaban J connectivity index is 2.83. The van der Waals surface area contributed by atoms with Gasteiger partial charge in [-0.2, -0.15) is 0 Å². The fourth-order valence-electron chi connectivity index (χ4n) is 2.16. The summed E-state index contributed by atoms with van der Waals surface area (Å²) < 4.78 is 0. The summed E-state index contributed by atoms with van der Waals surface area (Å²) >= 11 is 0. The van der Waals surface area contributed by atoms with Crippen LogP contribution in [-0.4, -0.2) is 28.0 Å². The Morgan fingerprint density at radius 2 is 1.89 bits per heavy atom. The SMILES string of the molecule is CCCCCCc1[nH]c([N+](=O)[O-])nc1N(CC)CC. The van der Waals surface area contributed by atoms with Crippen LogP contribution in [0.3, 0.4) is 0 Å². The number of rotatable bonds is 9. The van der Waals surface area contributed by atoms with Crippen molar-refractivity contribution in [1.29, 1.82) is 0 Å². The Morgan fingerprint density at radius 3 is 2.42 bits per heavy atom. The molecule has 1 aromatic rings. The average Bonchev–Trinajstić information content (AvgIpc) is 2.81. The number of hydrogen-bond donors (Lipinski definition) is 1. The Bertz CT molecular complexity index is 399. The largest absolute Gasteiger partial charge is 0.434 e. The molecule has 0 aliphatic rings. The first-order valence-electron chi connectivity index (χ1n) is 7.12. The van der Waals surface area contributed by atoms with E-state index >= 15 is 0 Å². The van der Waals surface area contributed by atoms with Gasteiger partial charge in [-0.25, -0.2) is 4.98 Å². The van der Waals surface area contributed by atoms with Crippen LogP contribution in [0.15, 0.2) is 0 Å². The van der Waals surface area contributed by atoms with Crippen molar-refractivity contribution in [2.75, 3.05) is 18.0 Å². The van der Waals surface area contributed by atoms with Crippen LogP contribution in [0, 0.1) is 10.1 Å². The molecule has 0 aliphatic heterocycles. The summed E-state index contributed by atoms with van der Waals surface area (Å²) in [6.45, 7) is 7.85. The maximum Gasteiger partial charge on any atom is 0.434 e. The summed E-state index contributed by atoms with van der Waals surface area (Å²) in [5.41, 5.74) is 0.895. The highest BCUT2D eigenvalue weighted by Crippen LogP contribution is 2.23. The average molecular weight is 268 g/mol. The van der Waals surface area contributed by atoms with Gasteiger partial charge in [-0.3, -0.25) is 0 Å². The monoisotopic (exact) mass is 268 g/mol. The van der Waals surface area contributed by atoms with Crippen LogP contribution < -0.4 is 4.90 Å². The highest BCUT2D eigenvalue weighted by Gasteiger charge is 2.23. The fourth-order valence-corrected chi connectivity index (χ4v) is 2.16. The summed E-state index contributed by atoms with van der Waals surface area (Å²) in [7, 11) is 0. The zero-order valence-corrected chi connectivity index (χ0v) is 12.1. The van der Waals surface area contributed by atoms with Crippen LogP contribution in [0.5, 0.6) is 0 Å². The minimum absolute atomic E-state index is 0.146. The van der Waals surface area contributed by atoms with E-state index in [0.717, 1.165) is 43.9 Å². The summed E-state index contributed by atoms with van der Waals surface area (Å²) in [6, 6.07) is 0. The van der Waals surface area contributed by atoms with E-state index in [-0.39, 0.29) is 5.95 Å². The second-order valence-corrected chi connectivity index (χ2v) is 4.60.